The summed E-state index contributed by atoms with van der Waals surface area (Å²) >= 11 is 6.11. The van der Waals surface area contributed by atoms with Crippen molar-refractivity contribution >= 4 is 28.6 Å². The van der Waals surface area contributed by atoms with Gasteiger partial charge in [0.25, 0.3) is 0 Å². The van der Waals surface area contributed by atoms with Crippen LogP contribution in [-0.4, -0.2) is 31.0 Å². The maximum absolute atomic E-state index is 12.9. The fourth-order valence-corrected chi connectivity index (χ4v) is 3.02. The van der Waals surface area contributed by atoms with Gasteiger partial charge in [0.15, 0.2) is 5.82 Å². The topological polar surface area (TPSA) is 91.8 Å². The molecule has 146 valence electrons. The van der Waals surface area contributed by atoms with Crippen molar-refractivity contribution in [1.82, 2.24) is 19.9 Å². The molecule has 0 unspecified atom stereocenters. The minimum absolute atomic E-state index is 0.0381. The number of aromatic amines is 1. The molecule has 3 heterocycles. The molecule has 4 aromatic rings. The van der Waals surface area contributed by atoms with Gasteiger partial charge in [0.05, 0.1) is 32.9 Å². The molecule has 0 radical (unpaired) electrons. The van der Waals surface area contributed by atoms with Gasteiger partial charge in [-0.15, -0.1) is 0 Å². The lowest BCUT2D eigenvalue weighted by Crippen LogP contribution is -2.04. The molecule has 4 rings (SSSR count). The Hall–Kier alpha value is -3.46. The molecule has 6 nitrogen and oxygen atoms in total. The highest BCUT2D eigenvalue weighted by atomic mass is 35.5. The highest BCUT2D eigenvalue weighted by Crippen LogP contribution is 2.32. The number of nitrogens with zero attached hydrogens (tertiary/aromatic N) is 3. The zero-order valence-corrected chi connectivity index (χ0v) is 15.1. The Morgan fingerprint density at radius 3 is 2.48 bits per heavy atom. The van der Waals surface area contributed by atoms with E-state index in [0.29, 0.717) is 28.3 Å². The molecule has 0 fully saturated rings. The largest absolute Gasteiger partial charge is 0.478 e. The minimum atomic E-state index is -4.44. The van der Waals surface area contributed by atoms with Crippen molar-refractivity contribution in [2.75, 3.05) is 0 Å². The monoisotopic (exact) mass is 418 g/mol. The van der Waals surface area contributed by atoms with Crippen LogP contribution in [0.15, 0.2) is 48.8 Å². The van der Waals surface area contributed by atoms with Crippen LogP contribution in [0.2, 0.25) is 5.02 Å². The molecular weight excluding hydrogens is 409 g/mol. The van der Waals surface area contributed by atoms with Gasteiger partial charge in [0.2, 0.25) is 0 Å². The third kappa shape index (κ3) is 3.64. The van der Waals surface area contributed by atoms with Gasteiger partial charge < -0.3 is 10.1 Å². The summed E-state index contributed by atoms with van der Waals surface area (Å²) in [5, 5.41) is 9.13. The number of carboxylic acids is 1. The third-order valence-electron chi connectivity index (χ3n) is 4.18. The number of halogens is 4. The number of imidazole rings is 1. The van der Waals surface area contributed by atoms with Crippen LogP contribution in [-0.2, 0) is 6.18 Å². The zero-order valence-electron chi connectivity index (χ0n) is 14.3. The lowest BCUT2D eigenvalue weighted by molar-refractivity contribution is -0.137. The Morgan fingerprint density at radius 1 is 1.07 bits per heavy atom. The summed E-state index contributed by atoms with van der Waals surface area (Å²) in [6, 6.07) is 7.82. The van der Waals surface area contributed by atoms with Crippen molar-refractivity contribution in [2.45, 2.75) is 6.18 Å². The Balaban J connectivity index is 1.67. The van der Waals surface area contributed by atoms with Crippen LogP contribution >= 0.6 is 11.6 Å². The van der Waals surface area contributed by atoms with Crippen molar-refractivity contribution in [3.05, 3.63) is 64.9 Å². The number of hydrogen-bond acceptors (Lipinski definition) is 4. The van der Waals surface area contributed by atoms with E-state index in [0.717, 1.165) is 12.1 Å². The van der Waals surface area contributed by atoms with Gasteiger partial charge >= 0.3 is 12.1 Å². The molecule has 0 atom stereocenters. The third-order valence-corrected chi connectivity index (χ3v) is 4.46. The molecule has 10 heteroatoms. The van der Waals surface area contributed by atoms with Crippen molar-refractivity contribution in [2.24, 2.45) is 0 Å². The molecule has 0 aliphatic carbocycles. The standard InChI is InChI=1S/C19H10ClF3N4O2/c20-12-5-10(18(28)29)8-25-16(12)9-1-3-14(24-7-9)17-26-13-4-2-11(19(21,22)23)6-15(13)27-17/h1-8H,(H,26,27)(H,28,29). The summed E-state index contributed by atoms with van der Waals surface area (Å²) in [6.07, 6.45) is -1.78. The van der Waals surface area contributed by atoms with E-state index in [1.54, 1.807) is 12.1 Å². The lowest BCUT2D eigenvalue weighted by atomic mass is 10.1. The van der Waals surface area contributed by atoms with Crippen LogP contribution in [0.4, 0.5) is 13.2 Å². The number of nitrogens with one attached hydrogen (secondary N) is 1. The number of aromatic carboxylic acids is 1. The molecule has 0 aliphatic heterocycles. The molecule has 3 aromatic heterocycles. The number of aromatic nitrogens is 4. The Bertz CT molecular complexity index is 1240. The minimum Gasteiger partial charge on any atom is -0.478 e. The first-order valence-electron chi connectivity index (χ1n) is 8.15. The van der Waals surface area contributed by atoms with Crippen LogP contribution in [0.3, 0.4) is 0 Å². The molecule has 1 aromatic carbocycles. The lowest BCUT2D eigenvalue weighted by Gasteiger charge is -2.05. The Labute approximate surface area is 166 Å². The number of benzene rings is 1. The van der Waals surface area contributed by atoms with Crippen LogP contribution in [0.1, 0.15) is 15.9 Å². The van der Waals surface area contributed by atoms with Crippen LogP contribution in [0.25, 0.3) is 33.8 Å². The van der Waals surface area contributed by atoms with E-state index in [1.807, 2.05) is 0 Å². The van der Waals surface area contributed by atoms with Gasteiger partial charge in [-0.25, -0.2) is 9.78 Å². The van der Waals surface area contributed by atoms with Crippen LogP contribution in [0, 0.1) is 0 Å². The quantitative estimate of drug-likeness (QED) is 0.485. The maximum atomic E-state index is 12.9. The molecular formula is C19H10ClF3N4O2. The predicted octanol–water partition coefficient (Wildman–Crippen LogP) is 5.06. The molecule has 0 aliphatic rings. The first-order valence-corrected chi connectivity index (χ1v) is 8.53. The van der Waals surface area contributed by atoms with Crippen LogP contribution < -0.4 is 0 Å². The summed E-state index contributed by atoms with van der Waals surface area (Å²) in [7, 11) is 0. The summed E-state index contributed by atoms with van der Waals surface area (Å²) in [6.45, 7) is 0. The van der Waals surface area contributed by atoms with Gasteiger partial charge in [-0.1, -0.05) is 11.6 Å². The molecule has 29 heavy (non-hydrogen) atoms. The normalized spacial score (nSPS) is 11.7. The van der Waals surface area contributed by atoms with E-state index in [9.17, 15) is 18.0 Å². The predicted molar refractivity (Wildman–Crippen MR) is 99.5 cm³/mol. The second kappa shape index (κ2) is 6.85. The number of pyridine rings is 2. The summed E-state index contributed by atoms with van der Waals surface area (Å²) < 4.78 is 38.6. The van der Waals surface area contributed by atoms with Crippen molar-refractivity contribution in [3.63, 3.8) is 0 Å². The Kier molecular flexibility index (Phi) is 4.46. The molecule has 0 saturated carbocycles. The van der Waals surface area contributed by atoms with Gasteiger partial charge in [-0.2, -0.15) is 13.2 Å². The molecule has 0 spiro atoms. The highest BCUT2D eigenvalue weighted by Gasteiger charge is 2.30. The Morgan fingerprint density at radius 2 is 1.86 bits per heavy atom. The van der Waals surface area contributed by atoms with Crippen LogP contribution in [0.5, 0.6) is 0 Å². The van der Waals surface area contributed by atoms with E-state index < -0.39 is 17.7 Å². The summed E-state index contributed by atoms with van der Waals surface area (Å²) in [5.41, 5.74) is 1.14. The van der Waals surface area contributed by atoms with E-state index in [-0.39, 0.29) is 16.1 Å². The van der Waals surface area contributed by atoms with Crippen molar-refractivity contribution in [3.8, 4) is 22.8 Å². The number of rotatable bonds is 3. The van der Waals surface area contributed by atoms with E-state index in [1.165, 1.54) is 24.5 Å². The first kappa shape index (κ1) is 18.9. The number of hydrogen-bond donors (Lipinski definition) is 2. The number of carboxylic acid groups (broad SMARTS) is 1. The average molecular weight is 419 g/mol. The summed E-state index contributed by atoms with van der Waals surface area (Å²) in [4.78, 5) is 26.4. The number of carbonyl (C=O) groups is 1. The van der Waals surface area contributed by atoms with Gasteiger partial charge in [-0.05, 0) is 36.4 Å². The molecule has 0 saturated heterocycles. The average Bonchev–Trinajstić information content (AvgIpc) is 3.10. The number of alkyl halides is 3. The highest BCUT2D eigenvalue weighted by molar-refractivity contribution is 6.33. The van der Waals surface area contributed by atoms with E-state index in [4.69, 9.17) is 16.7 Å². The fourth-order valence-electron chi connectivity index (χ4n) is 2.75. The van der Waals surface area contributed by atoms with Gasteiger partial charge in [-0.3, -0.25) is 9.97 Å². The molecule has 2 N–H and O–H groups in total. The second-order valence-electron chi connectivity index (χ2n) is 6.11. The van der Waals surface area contributed by atoms with Crippen molar-refractivity contribution < 1.29 is 23.1 Å². The van der Waals surface area contributed by atoms with E-state index in [2.05, 4.69) is 19.9 Å². The SMILES string of the molecule is O=C(O)c1cnc(-c2ccc(-c3nc4ccc(C(F)(F)F)cc4[nH]3)nc2)c(Cl)c1. The zero-order chi connectivity index (χ0) is 20.8. The number of fused-ring (bicyclic) bond motifs is 1. The molecule has 0 bridgehead atoms. The van der Waals surface area contributed by atoms with Crippen molar-refractivity contribution in [1.29, 1.82) is 0 Å². The van der Waals surface area contributed by atoms with E-state index >= 15 is 0 Å². The smallest absolute Gasteiger partial charge is 0.416 e. The molecule has 0 amide bonds. The summed E-state index contributed by atoms with van der Waals surface area (Å²) in [5.74, 6) is -0.829. The van der Waals surface area contributed by atoms with Gasteiger partial charge in [0, 0.05) is 18.0 Å². The fraction of sp³-hybridized carbons (Fsp3) is 0.0526. The van der Waals surface area contributed by atoms with Gasteiger partial charge in [0.1, 0.15) is 5.69 Å². The maximum Gasteiger partial charge on any atom is 0.416 e. The number of H-pyrrole nitrogens is 1. The first-order chi connectivity index (χ1) is 13.7. The second-order valence-corrected chi connectivity index (χ2v) is 6.51.